The Labute approximate surface area is 196 Å². The van der Waals surface area contributed by atoms with Gasteiger partial charge in [-0.1, -0.05) is 42.5 Å². The lowest BCUT2D eigenvalue weighted by Gasteiger charge is -2.09. The molecule has 3 aromatic heterocycles. The van der Waals surface area contributed by atoms with E-state index in [1.54, 1.807) is 24.7 Å². The summed E-state index contributed by atoms with van der Waals surface area (Å²) in [5.74, 6) is 0.868. The molecule has 0 radical (unpaired) electrons. The van der Waals surface area contributed by atoms with Crippen LogP contribution < -0.4 is 10.6 Å². The highest BCUT2D eigenvalue weighted by molar-refractivity contribution is 7.22. The van der Waals surface area contributed by atoms with Crippen molar-refractivity contribution >= 4 is 38.3 Å². The van der Waals surface area contributed by atoms with E-state index in [1.807, 2.05) is 24.3 Å². The number of H-pyrrole nitrogens is 1. The van der Waals surface area contributed by atoms with Crippen LogP contribution in [0.4, 0.5) is 5.82 Å². The first kappa shape index (κ1) is 21.6. The Hall–Kier alpha value is -3.26. The molecule has 0 amide bonds. The highest BCUT2D eigenvalue weighted by Crippen LogP contribution is 2.36. The Balaban J connectivity index is 1.36. The molecule has 1 atom stereocenters. The summed E-state index contributed by atoms with van der Waals surface area (Å²) in [5, 5.41) is 17.6. The van der Waals surface area contributed by atoms with E-state index in [0.29, 0.717) is 0 Å². The van der Waals surface area contributed by atoms with Gasteiger partial charge in [0.25, 0.3) is 0 Å². The molecule has 4 N–H and O–H groups in total. The number of rotatable bonds is 7. The average Bonchev–Trinajstić information content (AvgIpc) is 3.41. The van der Waals surface area contributed by atoms with Gasteiger partial charge in [-0.05, 0) is 55.6 Å². The van der Waals surface area contributed by atoms with E-state index < -0.39 is 6.23 Å². The molecule has 0 aliphatic heterocycles. The lowest BCUT2D eigenvalue weighted by Crippen LogP contribution is -2.14. The minimum absolute atomic E-state index is 0.659. The predicted octanol–water partition coefficient (Wildman–Crippen LogP) is 5.32. The van der Waals surface area contributed by atoms with Crippen LogP contribution in [0.1, 0.15) is 28.6 Å². The minimum Gasteiger partial charge on any atom is -0.374 e. The van der Waals surface area contributed by atoms with Crippen molar-refractivity contribution in [3.05, 3.63) is 77.2 Å². The van der Waals surface area contributed by atoms with Gasteiger partial charge in [0, 0.05) is 28.0 Å². The molecule has 2 aromatic carbocycles. The molecule has 0 saturated carbocycles. The van der Waals surface area contributed by atoms with Gasteiger partial charge in [-0.25, -0.2) is 9.97 Å². The van der Waals surface area contributed by atoms with Gasteiger partial charge in [0.2, 0.25) is 0 Å². The summed E-state index contributed by atoms with van der Waals surface area (Å²) >= 11 is 1.68. The highest BCUT2D eigenvalue weighted by Gasteiger charge is 2.13. The maximum Gasteiger partial charge on any atom is 0.147 e. The zero-order valence-electron chi connectivity index (χ0n) is 18.9. The van der Waals surface area contributed by atoms with Gasteiger partial charge in [0.1, 0.15) is 18.4 Å². The number of anilines is 1. The summed E-state index contributed by atoms with van der Waals surface area (Å²) < 4.78 is 1.05. The number of hydrogen-bond acceptors (Lipinski definition) is 6. The number of hydrogen-bond donors (Lipinski definition) is 4. The molecule has 6 nitrogen and oxygen atoms in total. The second-order valence-electron chi connectivity index (χ2n) is 8.26. The highest BCUT2D eigenvalue weighted by atomic mass is 32.1. The molecule has 0 bridgehead atoms. The van der Waals surface area contributed by atoms with Gasteiger partial charge in [-0.3, -0.25) is 5.32 Å². The van der Waals surface area contributed by atoms with Crippen LogP contribution in [0.25, 0.3) is 31.6 Å². The van der Waals surface area contributed by atoms with Crippen molar-refractivity contribution in [1.29, 1.82) is 0 Å². The van der Waals surface area contributed by atoms with Crippen LogP contribution in [0, 0.1) is 13.8 Å². The van der Waals surface area contributed by atoms with Crippen molar-refractivity contribution in [3.63, 3.8) is 0 Å². The lowest BCUT2D eigenvalue weighted by molar-refractivity contribution is 0.149. The number of benzene rings is 2. The van der Waals surface area contributed by atoms with E-state index in [4.69, 9.17) is 0 Å². The van der Waals surface area contributed by atoms with Gasteiger partial charge in [0.05, 0.1) is 10.2 Å². The molecule has 0 fully saturated rings. The third-order valence-corrected chi connectivity index (χ3v) is 7.31. The zero-order chi connectivity index (χ0) is 22.9. The second kappa shape index (κ2) is 8.94. The quantitative estimate of drug-likeness (QED) is 0.249. The number of aliphatic hydroxyl groups excluding tert-OH is 1. The van der Waals surface area contributed by atoms with Crippen molar-refractivity contribution in [2.45, 2.75) is 26.5 Å². The maximum atomic E-state index is 9.94. The number of thiophene rings is 1. The molecule has 5 rings (SSSR count). The Morgan fingerprint density at radius 1 is 1.09 bits per heavy atom. The van der Waals surface area contributed by atoms with Crippen LogP contribution in [0.2, 0.25) is 0 Å². The fourth-order valence-corrected chi connectivity index (χ4v) is 5.38. The Morgan fingerprint density at radius 2 is 1.91 bits per heavy atom. The molecule has 0 aliphatic carbocycles. The fourth-order valence-electron chi connectivity index (χ4n) is 4.30. The van der Waals surface area contributed by atoms with Crippen LogP contribution in [0.15, 0.2) is 54.9 Å². The van der Waals surface area contributed by atoms with E-state index in [0.717, 1.165) is 45.0 Å². The zero-order valence-corrected chi connectivity index (χ0v) is 19.8. The summed E-state index contributed by atoms with van der Waals surface area (Å²) in [6, 6.07) is 16.5. The molecule has 3 heterocycles. The molecule has 0 saturated heterocycles. The summed E-state index contributed by atoms with van der Waals surface area (Å²) in [5.41, 5.74) is 7.94. The van der Waals surface area contributed by atoms with E-state index in [2.05, 4.69) is 63.7 Å². The van der Waals surface area contributed by atoms with E-state index in [1.165, 1.54) is 27.7 Å². The number of fused-ring (bicyclic) bond motifs is 2. The Morgan fingerprint density at radius 3 is 2.70 bits per heavy atom. The largest absolute Gasteiger partial charge is 0.374 e. The molecule has 0 spiro atoms. The summed E-state index contributed by atoms with van der Waals surface area (Å²) in [7, 11) is 1.73. The van der Waals surface area contributed by atoms with Crippen molar-refractivity contribution < 1.29 is 5.11 Å². The van der Waals surface area contributed by atoms with Crippen LogP contribution in [0.5, 0.6) is 0 Å². The van der Waals surface area contributed by atoms with E-state index >= 15 is 0 Å². The molecule has 33 heavy (non-hydrogen) atoms. The monoisotopic (exact) mass is 457 g/mol. The van der Waals surface area contributed by atoms with Crippen molar-refractivity contribution in [2.75, 3.05) is 18.9 Å². The molecule has 168 valence electrons. The number of para-hydroxylation sites is 1. The molecular formula is C26H27N5OS. The van der Waals surface area contributed by atoms with E-state index in [-0.39, 0.29) is 0 Å². The first-order valence-electron chi connectivity index (χ1n) is 11.1. The number of aromatic amines is 1. The summed E-state index contributed by atoms with van der Waals surface area (Å²) in [6.07, 6.45) is 1.87. The number of aryl methyl sites for hydroxylation is 2. The first-order chi connectivity index (χ1) is 16.0. The number of aromatic nitrogens is 3. The number of nitrogens with zero attached hydrogens (tertiary/aromatic N) is 2. The van der Waals surface area contributed by atoms with Crippen LogP contribution >= 0.6 is 11.3 Å². The third-order valence-electron chi connectivity index (χ3n) is 6.13. The van der Waals surface area contributed by atoms with E-state index in [9.17, 15) is 5.11 Å². The number of nitrogens with one attached hydrogen (secondary N) is 3. The van der Waals surface area contributed by atoms with Crippen LogP contribution in [-0.2, 0) is 6.42 Å². The van der Waals surface area contributed by atoms with Crippen LogP contribution in [0.3, 0.4) is 0 Å². The van der Waals surface area contributed by atoms with Gasteiger partial charge in [-0.15, -0.1) is 11.3 Å². The molecule has 5 aromatic rings. The number of aliphatic hydroxyl groups is 1. The second-order valence-corrected chi connectivity index (χ2v) is 9.32. The van der Waals surface area contributed by atoms with Crippen LogP contribution in [-0.4, -0.2) is 33.7 Å². The minimum atomic E-state index is -0.659. The van der Waals surface area contributed by atoms with Gasteiger partial charge >= 0.3 is 0 Å². The topological polar surface area (TPSA) is 85.9 Å². The average molecular weight is 458 g/mol. The summed E-state index contributed by atoms with van der Waals surface area (Å²) in [6.45, 7) is 5.07. The fraction of sp³-hybridized carbons (Fsp3) is 0.231. The molecule has 7 heteroatoms. The lowest BCUT2D eigenvalue weighted by atomic mass is 10.1. The standard InChI is InChI=1S/C26H27N5OS/c1-15-5-4-6-20-19(16(2)31-23(15)20)11-12-28-25-24-21(29-14-30-25)13-22(33-24)17-7-9-18(10-8-17)26(32)27-3/h4-10,13-14,26-27,31-32H,11-12H2,1-3H3,(H,28,29,30). The first-order valence-corrected chi connectivity index (χ1v) is 11.9. The van der Waals surface area contributed by atoms with Crippen molar-refractivity contribution in [2.24, 2.45) is 0 Å². The molecule has 1 unspecified atom stereocenters. The third kappa shape index (κ3) is 4.11. The Kier molecular flexibility index (Phi) is 5.85. The predicted molar refractivity (Wildman–Crippen MR) is 137 cm³/mol. The molecular weight excluding hydrogens is 430 g/mol. The normalized spacial score (nSPS) is 12.5. The van der Waals surface area contributed by atoms with Gasteiger partial charge in [-0.2, -0.15) is 0 Å². The smallest absolute Gasteiger partial charge is 0.147 e. The summed E-state index contributed by atoms with van der Waals surface area (Å²) in [4.78, 5) is 13.7. The molecule has 0 aliphatic rings. The van der Waals surface area contributed by atoms with Gasteiger partial charge in [0.15, 0.2) is 0 Å². The van der Waals surface area contributed by atoms with Gasteiger partial charge < -0.3 is 15.4 Å². The SMILES string of the molecule is CNC(O)c1ccc(-c2cc3ncnc(NCCc4c(C)[nH]c5c(C)cccc45)c3s2)cc1. The van der Waals surface area contributed by atoms with Crippen molar-refractivity contribution in [1.82, 2.24) is 20.3 Å². The Bertz CT molecular complexity index is 1420. The van der Waals surface area contributed by atoms with Crippen molar-refractivity contribution in [3.8, 4) is 10.4 Å². The maximum absolute atomic E-state index is 9.94.